The lowest BCUT2D eigenvalue weighted by Crippen LogP contribution is -2.25. The highest BCUT2D eigenvalue weighted by atomic mass is 19.3. The summed E-state index contributed by atoms with van der Waals surface area (Å²) in [7, 11) is 0. The van der Waals surface area contributed by atoms with E-state index < -0.39 is 6.29 Å². The molecule has 106 valence electrons. The molecule has 0 amide bonds. The van der Waals surface area contributed by atoms with Crippen LogP contribution >= 0.6 is 0 Å². The molecule has 1 aliphatic heterocycles. The summed E-state index contributed by atoms with van der Waals surface area (Å²) in [6.45, 7) is 7.00. The molecule has 0 spiro atoms. The normalized spacial score (nSPS) is 16.5. The van der Waals surface area contributed by atoms with E-state index in [-0.39, 0.29) is 17.1 Å². The van der Waals surface area contributed by atoms with Crippen molar-refractivity contribution in [3.05, 3.63) is 18.2 Å². The minimum atomic E-state index is -3.57. The van der Waals surface area contributed by atoms with E-state index in [0.717, 1.165) is 0 Å². The molecule has 0 saturated carbocycles. The van der Waals surface area contributed by atoms with E-state index in [0.29, 0.717) is 18.8 Å². The van der Waals surface area contributed by atoms with Gasteiger partial charge >= 0.3 is 6.29 Å². The Bertz CT molecular complexity index is 458. The summed E-state index contributed by atoms with van der Waals surface area (Å²) < 4.78 is 39.9. The third-order valence-electron chi connectivity index (χ3n) is 2.37. The van der Waals surface area contributed by atoms with E-state index in [4.69, 9.17) is 4.74 Å². The molecule has 4 nitrogen and oxygen atoms in total. The average molecular weight is 273 g/mol. The minimum Gasteiger partial charge on any atom is -0.395 e. The summed E-state index contributed by atoms with van der Waals surface area (Å²) in [6, 6.07) is 4.58. The number of hydrogen-bond donors (Lipinski definition) is 1. The predicted molar refractivity (Wildman–Crippen MR) is 66.8 cm³/mol. The van der Waals surface area contributed by atoms with Crippen LogP contribution in [0.25, 0.3) is 0 Å². The fourth-order valence-electron chi connectivity index (χ4n) is 1.61. The molecule has 0 fully saturated rings. The number of ether oxygens (including phenoxy) is 3. The fourth-order valence-corrected chi connectivity index (χ4v) is 1.61. The second kappa shape index (κ2) is 4.85. The third kappa shape index (κ3) is 3.96. The van der Waals surface area contributed by atoms with Gasteiger partial charge in [-0.05, 0) is 32.9 Å². The highest BCUT2D eigenvalue weighted by Crippen LogP contribution is 2.42. The van der Waals surface area contributed by atoms with Crippen molar-refractivity contribution in [3.8, 4) is 11.5 Å². The number of benzene rings is 1. The van der Waals surface area contributed by atoms with Crippen molar-refractivity contribution in [2.45, 2.75) is 32.7 Å². The van der Waals surface area contributed by atoms with Crippen LogP contribution in [0.15, 0.2) is 18.2 Å². The lowest BCUT2D eigenvalue weighted by Gasteiger charge is -2.19. The molecule has 6 heteroatoms. The average Bonchev–Trinajstić information content (AvgIpc) is 2.56. The minimum absolute atomic E-state index is 0.0340. The monoisotopic (exact) mass is 273 g/mol. The molecule has 0 atom stereocenters. The summed E-state index contributed by atoms with van der Waals surface area (Å²) in [5, 5.41) is 3.07. The summed E-state index contributed by atoms with van der Waals surface area (Å²) in [5.74, 6) is 0.0771. The highest BCUT2D eigenvalue weighted by molar-refractivity contribution is 5.55. The summed E-state index contributed by atoms with van der Waals surface area (Å²) in [6.07, 6.45) is -3.57. The molecule has 1 aromatic rings. The largest absolute Gasteiger partial charge is 0.586 e. The molecule has 1 aromatic carbocycles. The van der Waals surface area contributed by atoms with Crippen LogP contribution in [0.3, 0.4) is 0 Å². The van der Waals surface area contributed by atoms with Crippen LogP contribution in [-0.2, 0) is 4.74 Å². The third-order valence-corrected chi connectivity index (χ3v) is 2.37. The zero-order chi connectivity index (χ0) is 14.1. The van der Waals surface area contributed by atoms with E-state index in [1.807, 2.05) is 20.8 Å². The Hall–Kier alpha value is -1.56. The number of anilines is 1. The Morgan fingerprint density at radius 3 is 2.58 bits per heavy atom. The summed E-state index contributed by atoms with van der Waals surface area (Å²) in [4.78, 5) is 0. The quantitative estimate of drug-likeness (QED) is 0.855. The van der Waals surface area contributed by atoms with Gasteiger partial charge in [-0.15, -0.1) is 8.78 Å². The van der Waals surface area contributed by atoms with E-state index in [9.17, 15) is 8.78 Å². The number of hydrogen-bond acceptors (Lipinski definition) is 4. The predicted octanol–water partition coefficient (Wildman–Crippen LogP) is 3.24. The van der Waals surface area contributed by atoms with Gasteiger partial charge in [0.1, 0.15) is 0 Å². The molecule has 0 aromatic heterocycles. The van der Waals surface area contributed by atoms with Crippen LogP contribution < -0.4 is 14.8 Å². The number of nitrogens with one attached hydrogen (secondary N) is 1. The van der Waals surface area contributed by atoms with Crippen molar-refractivity contribution in [2.75, 3.05) is 18.5 Å². The molecule has 1 heterocycles. The number of rotatable bonds is 4. The van der Waals surface area contributed by atoms with Crippen LogP contribution in [0.4, 0.5) is 14.5 Å². The molecule has 1 N–H and O–H groups in total. The number of alkyl halides is 2. The van der Waals surface area contributed by atoms with Crippen LogP contribution in [0.1, 0.15) is 20.8 Å². The summed E-state index contributed by atoms with van der Waals surface area (Å²) >= 11 is 0. The molecule has 19 heavy (non-hydrogen) atoms. The second-order valence-corrected chi connectivity index (χ2v) is 5.22. The van der Waals surface area contributed by atoms with Gasteiger partial charge in [0.2, 0.25) is 0 Å². The Kier molecular flexibility index (Phi) is 3.54. The van der Waals surface area contributed by atoms with Gasteiger partial charge in [-0.2, -0.15) is 0 Å². The maximum atomic E-state index is 12.8. The van der Waals surface area contributed by atoms with Crippen LogP contribution in [0, 0.1) is 0 Å². The van der Waals surface area contributed by atoms with Crippen molar-refractivity contribution in [2.24, 2.45) is 0 Å². The van der Waals surface area contributed by atoms with Gasteiger partial charge in [-0.25, -0.2) is 0 Å². The molecular formula is C13H17F2NO3. The zero-order valence-corrected chi connectivity index (χ0v) is 11.1. The summed E-state index contributed by atoms with van der Waals surface area (Å²) in [5.41, 5.74) is 0.482. The molecule has 2 rings (SSSR count). The van der Waals surface area contributed by atoms with Crippen LogP contribution in [0.2, 0.25) is 0 Å². The lowest BCUT2D eigenvalue weighted by molar-refractivity contribution is -0.286. The van der Waals surface area contributed by atoms with Crippen molar-refractivity contribution in [3.63, 3.8) is 0 Å². The smallest absolute Gasteiger partial charge is 0.395 e. The Labute approximate surface area is 110 Å². The molecule has 0 bridgehead atoms. The van der Waals surface area contributed by atoms with Gasteiger partial charge in [-0.1, -0.05) is 0 Å². The molecule has 0 aliphatic carbocycles. The first-order valence-corrected chi connectivity index (χ1v) is 6.03. The van der Waals surface area contributed by atoms with E-state index >= 15 is 0 Å². The van der Waals surface area contributed by atoms with E-state index in [1.54, 1.807) is 6.07 Å². The fraction of sp³-hybridized carbons (Fsp3) is 0.538. The van der Waals surface area contributed by atoms with Crippen molar-refractivity contribution >= 4 is 5.69 Å². The molecule has 0 radical (unpaired) electrons. The molecule has 1 aliphatic rings. The maximum absolute atomic E-state index is 12.8. The standard InChI is InChI=1S/C13H17F2NO3/c1-12(2,3)17-7-6-16-9-4-5-10-11(8-9)19-13(14,15)18-10/h4-5,8,16H,6-7H2,1-3H3. The Balaban J connectivity index is 1.87. The van der Waals surface area contributed by atoms with Crippen molar-refractivity contribution in [1.82, 2.24) is 0 Å². The van der Waals surface area contributed by atoms with Gasteiger partial charge in [0.15, 0.2) is 11.5 Å². The zero-order valence-electron chi connectivity index (χ0n) is 11.1. The van der Waals surface area contributed by atoms with Crippen molar-refractivity contribution < 1.29 is 23.0 Å². The maximum Gasteiger partial charge on any atom is 0.586 e. The van der Waals surface area contributed by atoms with Gasteiger partial charge in [0, 0.05) is 18.3 Å². The molecular weight excluding hydrogens is 256 g/mol. The van der Waals surface area contributed by atoms with Crippen LogP contribution in [0.5, 0.6) is 11.5 Å². The number of fused-ring (bicyclic) bond motifs is 1. The van der Waals surface area contributed by atoms with E-state index in [2.05, 4.69) is 14.8 Å². The van der Waals surface area contributed by atoms with Gasteiger partial charge in [0.25, 0.3) is 0 Å². The molecule has 0 saturated heterocycles. The first-order valence-electron chi connectivity index (χ1n) is 6.03. The van der Waals surface area contributed by atoms with Crippen molar-refractivity contribution in [1.29, 1.82) is 0 Å². The first-order chi connectivity index (χ1) is 8.75. The van der Waals surface area contributed by atoms with Gasteiger partial charge < -0.3 is 19.5 Å². The highest BCUT2D eigenvalue weighted by Gasteiger charge is 2.43. The molecule has 0 unspecified atom stereocenters. The van der Waals surface area contributed by atoms with Gasteiger partial charge in [0.05, 0.1) is 12.2 Å². The Morgan fingerprint density at radius 2 is 1.89 bits per heavy atom. The first kappa shape index (κ1) is 13.9. The van der Waals surface area contributed by atoms with Crippen LogP contribution in [-0.4, -0.2) is 25.0 Å². The van der Waals surface area contributed by atoms with Gasteiger partial charge in [-0.3, -0.25) is 0 Å². The Morgan fingerprint density at radius 1 is 1.21 bits per heavy atom. The number of halogens is 2. The van der Waals surface area contributed by atoms with E-state index in [1.165, 1.54) is 12.1 Å². The topological polar surface area (TPSA) is 39.7 Å². The lowest BCUT2D eigenvalue weighted by atomic mass is 10.2. The second-order valence-electron chi connectivity index (χ2n) is 5.22. The SMILES string of the molecule is CC(C)(C)OCCNc1ccc2c(c1)OC(F)(F)O2.